The molecule has 7 heteroatoms. The average Bonchev–Trinajstić information content (AvgIpc) is 2.52. The number of carbonyl (C=O) groups is 2. The van der Waals surface area contributed by atoms with Gasteiger partial charge in [0.05, 0.1) is 13.0 Å². The Morgan fingerprint density at radius 3 is 2.82 bits per heavy atom. The number of aliphatic carboxylic acids is 1. The fourth-order valence-corrected chi connectivity index (χ4v) is 2.62. The van der Waals surface area contributed by atoms with Gasteiger partial charge in [-0.25, -0.2) is 9.78 Å². The van der Waals surface area contributed by atoms with Crippen molar-refractivity contribution in [1.82, 2.24) is 15.2 Å². The summed E-state index contributed by atoms with van der Waals surface area (Å²) in [5.74, 6) is -0.631. The molecule has 2 rings (SSSR count). The molecule has 1 aliphatic heterocycles. The van der Waals surface area contributed by atoms with Gasteiger partial charge in [0.1, 0.15) is 0 Å². The Morgan fingerprint density at radius 2 is 2.23 bits per heavy atom. The largest absolute Gasteiger partial charge is 0.481 e. The maximum absolute atomic E-state index is 12.2. The third kappa shape index (κ3) is 4.09. The van der Waals surface area contributed by atoms with Crippen LogP contribution in [0.5, 0.6) is 5.88 Å². The van der Waals surface area contributed by atoms with Gasteiger partial charge in [0.15, 0.2) is 0 Å². The van der Waals surface area contributed by atoms with Crippen molar-refractivity contribution in [2.24, 2.45) is 11.8 Å². The molecule has 1 aromatic rings. The third-order valence-electron chi connectivity index (χ3n) is 3.75. The molecule has 2 heterocycles. The van der Waals surface area contributed by atoms with Crippen LogP contribution in [0.1, 0.15) is 18.9 Å². The van der Waals surface area contributed by atoms with Gasteiger partial charge in [-0.1, -0.05) is 13.0 Å². The molecule has 22 heavy (non-hydrogen) atoms. The molecule has 2 N–H and O–H groups in total. The van der Waals surface area contributed by atoms with Crippen molar-refractivity contribution >= 4 is 12.0 Å². The van der Waals surface area contributed by atoms with Crippen LogP contribution in [-0.4, -0.2) is 47.2 Å². The van der Waals surface area contributed by atoms with Gasteiger partial charge >= 0.3 is 12.0 Å². The monoisotopic (exact) mass is 307 g/mol. The van der Waals surface area contributed by atoms with E-state index in [1.54, 1.807) is 24.3 Å². The Labute approximate surface area is 129 Å². The van der Waals surface area contributed by atoms with Gasteiger partial charge in [0.25, 0.3) is 0 Å². The van der Waals surface area contributed by atoms with E-state index in [1.807, 2.05) is 13.0 Å². The molecule has 0 spiro atoms. The minimum absolute atomic E-state index is 0.184. The van der Waals surface area contributed by atoms with Gasteiger partial charge in [-0.2, -0.15) is 0 Å². The highest BCUT2D eigenvalue weighted by atomic mass is 16.5. The summed E-state index contributed by atoms with van der Waals surface area (Å²) in [5.41, 5.74) is 0.856. The van der Waals surface area contributed by atoms with Crippen molar-refractivity contribution in [3.8, 4) is 5.88 Å². The number of methoxy groups -OCH3 is 1. The summed E-state index contributed by atoms with van der Waals surface area (Å²) in [5, 5.41) is 11.9. The second kappa shape index (κ2) is 7.11. The standard InChI is InChI=1S/C15H21N3O4/c1-10-5-12(14(19)20)9-18(8-10)15(21)17-7-11-3-4-13(22-2)16-6-11/h3-4,6,10,12H,5,7-9H2,1-2H3,(H,17,21)(H,19,20). The van der Waals surface area contributed by atoms with E-state index >= 15 is 0 Å². The van der Waals surface area contributed by atoms with Crippen LogP contribution >= 0.6 is 0 Å². The van der Waals surface area contributed by atoms with Crippen LogP contribution in [0, 0.1) is 11.8 Å². The Kier molecular flexibility index (Phi) is 5.19. The highest BCUT2D eigenvalue weighted by Crippen LogP contribution is 2.21. The van der Waals surface area contributed by atoms with Crippen LogP contribution in [0.3, 0.4) is 0 Å². The number of piperidine rings is 1. The molecule has 120 valence electrons. The summed E-state index contributed by atoms with van der Waals surface area (Å²) in [6.07, 6.45) is 2.25. The summed E-state index contributed by atoms with van der Waals surface area (Å²) >= 11 is 0. The minimum Gasteiger partial charge on any atom is -0.481 e. The van der Waals surface area contributed by atoms with Crippen LogP contribution in [0.4, 0.5) is 4.79 Å². The second-order valence-electron chi connectivity index (χ2n) is 5.65. The Morgan fingerprint density at radius 1 is 1.45 bits per heavy atom. The summed E-state index contributed by atoms with van der Waals surface area (Å²) in [7, 11) is 1.54. The van der Waals surface area contributed by atoms with Crippen molar-refractivity contribution in [3.05, 3.63) is 23.9 Å². The Bertz CT molecular complexity index is 532. The molecule has 7 nitrogen and oxygen atoms in total. The number of ether oxygens (including phenoxy) is 1. The van der Waals surface area contributed by atoms with E-state index in [2.05, 4.69) is 10.3 Å². The van der Waals surface area contributed by atoms with Gasteiger partial charge in [0, 0.05) is 31.9 Å². The summed E-state index contributed by atoms with van der Waals surface area (Å²) in [4.78, 5) is 29.0. The van der Waals surface area contributed by atoms with E-state index in [-0.39, 0.29) is 18.5 Å². The number of carboxylic acid groups (broad SMARTS) is 1. The Balaban J connectivity index is 1.89. The highest BCUT2D eigenvalue weighted by molar-refractivity contribution is 5.76. The fraction of sp³-hybridized carbons (Fsp3) is 0.533. The van der Waals surface area contributed by atoms with Gasteiger partial charge in [-0.05, 0) is 17.9 Å². The topological polar surface area (TPSA) is 91.8 Å². The summed E-state index contributed by atoms with van der Waals surface area (Å²) in [6, 6.07) is 3.31. The zero-order valence-corrected chi connectivity index (χ0v) is 12.8. The molecule has 1 aromatic heterocycles. The van der Waals surface area contributed by atoms with Gasteiger partial charge in [-0.15, -0.1) is 0 Å². The number of carboxylic acids is 1. The number of pyridine rings is 1. The molecule has 0 saturated carbocycles. The molecule has 1 fully saturated rings. The lowest BCUT2D eigenvalue weighted by Crippen LogP contribution is -2.49. The number of hydrogen-bond acceptors (Lipinski definition) is 4. The Hall–Kier alpha value is -2.31. The molecule has 0 aliphatic carbocycles. The molecular formula is C15H21N3O4. The lowest BCUT2D eigenvalue weighted by atomic mass is 9.91. The molecule has 0 radical (unpaired) electrons. The number of nitrogens with one attached hydrogen (secondary N) is 1. The van der Waals surface area contributed by atoms with Crippen molar-refractivity contribution in [1.29, 1.82) is 0 Å². The lowest BCUT2D eigenvalue weighted by Gasteiger charge is -2.34. The van der Waals surface area contributed by atoms with Crippen LogP contribution in [0.25, 0.3) is 0 Å². The first-order valence-electron chi connectivity index (χ1n) is 7.24. The second-order valence-corrected chi connectivity index (χ2v) is 5.65. The van der Waals surface area contributed by atoms with Crippen LogP contribution in [-0.2, 0) is 11.3 Å². The number of nitrogens with zero attached hydrogens (tertiary/aromatic N) is 2. The number of carbonyl (C=O) groups excluding carboxylic acids is 1. The zero-order chi connectivity index (χ0) is 16.1. The highest BCUT2D eigenvalue weighted by Gasteiger charge is 2.31. The van der Waals surface area contributed by atoms with Gasteiger partial charge < -0.3 is 20.1 Å². The third-order valence-corrected chi connectivity index (χ3v) is 3.75. The van der Waals surface area contributed by atoms with Crippen LogP contribution < -0.4 is 10.1 Å². The summed E-state index contributed by atoms with van der Waals surface area (Å²) in [6.45, 7) is 3.14. The molecule has 2 unspecified atom stereocenters. The van der Waals surface area contributed by atoms with Gasteiger partial charge in [-0.3, -0.25) is 4.79 Å². The molecule has 0 aromatic carbocycles. The quantitative estimate of drug-likeness (QED) is 0.876. The minimum atomic E-state index is -0.844. The van der Waals surface area contributed by atoms with Crippen molar-refractivity contribution in [3.63, 3.8) is 0 Å². The normalized spacial score (nSPS) is 21.3. The predicted molar refractivity (Wildman–Crippen MR) is 79.5 cm³/mol. The molecule has 1 saturated heterocycles. The number of urea groups is 1. The first-order chi connectivity index (χ1) is 10.5. The van der Waals surface area contributed by atoms with Crippen LogP contribution in [0.2, 0.25) is 0 Å². The molecule has 2 atom stereocenters. The van der Waals surface area contributed by atoms with E-state index in [1.165, 1.54) is 0 Å². The molecule has 0 bridgehead atoms. The van der Waals surface area contributed by atoms with Crippen molar-refractivity contribution in [2.45, 2.75) is 19.9 Å². The maximum Gasteiger partial charge on any atom is 0.317 e. The molecule has 2 amide bonds. The number of hydrogen-bond donors (Lipinski definition) is 2. The van der Waals surface area contributed by atoms with E-state index < -0.39 is 11.9 Å². The first-order valence-corrected chi connectivity index (χ1v) is 7.24. The maximum atomic E-state index is 12.2. The van der Waals surface area contributed by atoms with E-state index in [4.69, 9.17) is 9.84 Å². The SMILES string of the molecule is COc1ccc(CNC(=O)N2CC(C)CC(C(=O)O)C2)cn1. The van der Waals surface area contributed by atoms with E-state index in [0.717, 1.165) is 5.56 Å². The van der Waals surface area contributed by atoms with Crippen molar-refractivity contribution in [2.75, 3.05) is 20.2 Å². The number of aromatic nitrogens is 1. The van der Waals surface area contributed by atoms with Gasteiger partial charge in [0.2, 0.25) is 5.88 Å². The van der Waals surface area contributed by atoms with E-state index in [9.17, 15) is 9.59 Å². The average molecular weight is 307 g/mol. The first kappa shape index (κ1) is 16.1. The van der Waals surface area contributed by atoms with Crippen molar-refractivity contribution < 1.29 is 19.4 Å². The molecule has 1 aliphatic rings. The summed E-state index contributed by atoms with van der Waals surface area (Å²) < 4.78 is 4.97. The number of rotatable bonds is 4. The number of likely N-dealkylation sites (tertiary alicyclic amines) is 1. The van der Waals surface area contributed by atoms with Crippen LogP contribution in [0.15, 0.2) is 18.3 Å². The fourth-order valence-electron chi connectivity index (χ4n) is 2.62. The predicted octanol–water partition coefficient (Wildman–Crippen LogP) is 1.34. The molecular weight excluding hydrogens is 286 g/mol. The zero-order valence-electron chi connectivity index (χ0n) is 12.8. The van der Waals surface area contributed by atoms with E-state index in [0.29, 0.717) is 25.4 Å². The number of amides is 2. The lowest BCUT2D eigenvalue weighted by molar-refractivity contribution is -0.143. The smallest absolute Gasteiger partial charge is 0.317 e.